The topological polar surface area (TPSA) is 58.6 Å². The zero-order valence-electron chi connectivity index (χ0n) is 14.9. The zero-order chi connectivity index (χ0) is 17.5. The van der Waals surface area contributed by atoms with Gasteiger partial charge in [0.25, 0.3) is 0 Å². The van der Waals surface area contributed by atoms with Crippen molar-refractivity contribution in [2.45, 2.75) is 46.1 Å². The van der Waals surface area contributed by atoms with Gasteiger partial charge in [0.1, 0.15) is 5.75 Å². The van der Waals surface area contributed by atoms with E-state index in [0.29, 0.717) is 32.5 Å². The molecule has 0 spiro atoms. The van der Waals surface area contributed by atoms with E-state index in [1.807, 2.05) is 49.9 Å². The van der Waals surface area contributed by atoms with Crippen molar-refractivity contribution in [3.05, 3.63) is 29.8 Å². The number of rotatable bonds is 7. The van der Waals surface area contributed by atoms with Gasteiger partial charge < -0.3 is 15.0 Å². The van der Waals surface area contributed by atoms with E-state index in [2.05, 4.69) is 5.32 Å². The number of nitrogens with zero attached hydrogens (tertiary/aromatic N) is 1. The van der Waals surface area contributed by atoms with Gasteiger partial charge in [-0.1, -0.05) is 19.1 Å². The van der Waals surface area contributed by atoms with Gasteiger partial charge in [-0.3, -0.25) is 9.59 Å². The lowest BCUT2D eigenvalue weighted by Crippen LogP contribution is -2.48. The van der Waals surface area contributed by atoms with Crippen LogP contribution >= 0.6 is 0 Å². The number of hydrogen-bond acceptors (Lipinski definition) is 3. The van der Waals surface area contributed by atoms with E-state index in [4.69, 9.17) is 4.74 Å². The molecule has 1 heterocycles. The van der Waals surface area contributed by atoms with E-state index in [1.165, 1.54) is 0 Å². The highest BCUT2D eigenvalue weighted by atomic mass is 16.5. The highest BCUT2D eigenvalue weighted by Crippen LogP contribution is 2.37. The van der Waals surface area contributed by atoms with Crippen molar-refractivity contribution in [3.63, 3.8) is 0 Å². The first-order valence-corrected chi connectivity index (χ1v) is 8.92. The van der Waals surface area contributed by atoms with Gasteiger partial charge in [-0.05, 0) is 44.4 Å². The van der Waals surface area contributed by atoms with Gasteiger partial charge >= 0.3 is 0 Å². The van der Waals surface area contributed by atoms with Crippen LogP contribution in [0.5, 0.6) is 5.75 Å². The van der Waals surface area contributed by atoms with Crippen molar-refractivity contribution in [1.29, 1.82) is 0 Å². The largest absolute Gasteiger partial charge is 0.494 e. The van der Waals surface area contributed by atoms with Crippen LogP contribution < -0.4 is 10.1 Å². The second-order valence-corrected chi connectivity index (χ2v) is 6.06. The summed E-state index contributed by atoms with van der Waals surface area (Å²) in [5.74, 6) is 0.767. The lowest BCUT2D eigenvalue weighted by Gasteiger charge is -2.40. The number of ether oxygens (including phenoxy) is 1. The Hall–Kier alpha value is -2.04. The molecule has 1 aliphatic heterocycles. The van der Waals surface area contributed by atoms with E-state index < -0.39 is 0 Å². The van der Waals surface area contributed by atoms with E-state index in [1.54, 1.807) is 0 Å². The molecule has 1 aromatic rings. The van der Waals surface area contributed by atoms with Crippen molar-refractivity contribution in [3.8, 4) is 5.75 Å². The van der Waals surface area contributed by atoms with Crippen molar-refractivity contribution < 1.29 is 14.3 Å². The number of hydrogen-bond donors (Lipinski definition) is 1. The molecule has 5 heteroatoms. The van der Waals surface area contributed by atoms with E-state index in [-0.39, 0.29) is 23.8 Å². The number of piperidine rings is 1. The van der Waals surface area contributed by atoms with Crippen LogP contribution in [0.3, 0.4) is 0 Å². The van der Waals surface area contributed by atoms with Crippen LogP contribution in [0.1, 0.15) is 51.6 Å². The molecule has 0 saturated carbocycles. The maximum atomic E-state index is 12.6. The Labute approximate surface area is 144 Å². The van der Waals surface area contributed by atoms with Crippen LogP contribution in [0.25, 0.3) is 0 Å². The van der Waals surface area contributed by atoms with Crippen molar-refractivity contribution >= 4 is 11.8 Å². The minimum atomic E-state index is -0.205. The average molecular weight is 332 g/mol. The highest BCUT2D eigenvalue weighted by molar-refractivity contribution is 5.85. The van der Waals surface area contributed by atoms with E-state index >= 15 is 0 Å². The zero-order valence-corrected chi connectivity index (χ0v) is 14.9. The standard InChI is InChI=1S/C19H28N2O3/c1-4-13-20-19(23)16-11-12-17(22)21(5-2)18(16)14-7-9-15(10-8-14)24-6-3/h7-10,16,18H,4-6,11-13H2,1-3H3,(H,20,23)/t16-,18+/m1/s1. The molecule has 2 rings (SSSR count). The predicted molar refractivity (Wildman–Crippen MR) is 93.8 cm³/mol. The number of amides is 2. The van der Waals surface area contributed by atoms with Crippen molar-refractivity contribution in [2.75, 3.05) is 19.7 Å². The van der Waals surface area contributed by atoms with Crippen molar-refractivity contribution in [2.24, 2.45) is 5.92 Å². The summed E-state index contributed by atoms with van der Waals surface area (Å²) < 4.78 is 5.49. The molecule has 0 radical (unpaired) electrons. The molecule has 0 unspecified atom stereocenters. The summed E-state index contributed by atoms with van der Waals surface area (Å²) in [5.41, 5.74) is 0.991. The Kier molecular flexibility index (Phi) is 6.64. The molecular weight excluding hydrogens is 304 g/mol. The summed E-state index contributed by atoms with van der Waals surface area (Å²) in [6, 6.07) is 7.55. The highest BCUT2D eigenvalue weighted by Gasteiger charge is 2.39. The lowest BCUT2D eigenvalue weighted by molar-refractivity contribution is -0.143. The van der Waals surface area contributed by atoms with Crippen LogP contribution in [0.2, 0.25) is 0 Å². The Morgan fingerprint density at radius 2 is 1.96 bits per heavy atom. The summed E-state index contributed by atoms with van der Waals surface area (Å²) in [6.45, 7) is 7.84. The van der Waals surface area contributed by atoms with Crippen molar-refractivity contribution in [1.82, 2.24) is 10.2 Å². The van der Waals surface area contributed by atoms with Gasteiger partial charge in [-0.15, -0.1) is 0 Å². The van der Waals surface area contributed by atoms with Gasteiger partial charge in [-0.2, -0.15) is 0 Å². The maximum Gasteiger partial charge on any atom is 0.225 e. The first-order chi connectivity index (χ1) is 11.6. The minimum absolute atomic E-state index is 0.0432. The molecule has 1 N–H and O–H groups in total. The van der Waals surface area contributed by atoms with Crippen LogP contribution in [0, 0.1) is 5.92 Å². The van der Waals surface area contributed by atoms with Crippen LogP contribution in [-0.2, 0) is 9.59 Å². The summed E-state index contributed by atoms with van der Waals surface area (Å²) in [7, 11) is 0. The number of likely N-dealkylation sites (tertiary alicyclic amines) is 1. The quantitative estimate of drug-likeness (QED) is 0.835. The van der Waals surface area contributed by atoms with Crippen LogP contribution in [0.4, 0.5) is 0 Å². The van der Waals surface area contributed by atoms with Crippen LogP contribution in [0.15, 0.2) is 24.3 Å². The number of carbonyl (C=O) groups excluding carboxylic acids is 2. The predicted octanol–water partition coefficient (Wildman–Crippen LogP) is 2.91. The SMILES string of the molecule is CCCNC(=O)[C@@H]1CCC(=O)N(CC)[C@H]1c1ccc(OCC)cc1. The fourth-order valence-corrected chi connectivity index (χ4v) is 3.32. The van der Waals surface area contributed by atoms with Crippen LogP contribution in [-0.4, -0.2) is 36.4 Å². The second-order valence-electron chi connectivity index (χ2n) is 6.06. The molecule has 1 fully saturated rings. The molecule has 5 nitrogen and oxygen atoms in total. The van der Waals surface area contributed by atoms with E-state index in [9.17, 15) is 9.59 Å². The minimum Gasteiger partial charge on any atom is -0.494 e. The summed E-state index contributed by atoms with van der Waals surface area (Å²) in [4.78, 5) is 26.8. The molecule has 132 valence electrons. The average Bonchev–Trinajstić information content (AvgIpc) is 2.60. The first kappa shape index (κ1) is 18.3. The Bertz CT molecular complexity index is 556. The molecule has 0 aliphatic carbocycles. The molecular formula is C19H28N2O3. The number of carbonyl (C=O) groups is 2. The molecule has 1 aromatic carbocycles. The lowest BCUT2D eigenvalue weighted by atomic mass is 9.83. The summed E-state index contributed by atoms with van der Waals surface area (Å²) in [5, 5.41) is 2.99. The molecule has 2 atom stereocenters. The third kappa shape index (κ3) is 4.08. The monoisotopic (exact) mass is 332 g/mol. The number of nitrogens with one attached hydrogen (secondary N) is 1. The maximum absolute atomic E-state index is 12.6. The van der Waals surface area contributed by atoms with Gasteiger partial charge in [0, 0.05) is 19.5 Å². The summed E-state index contributed by atoms with van der Waals surface area (Å²) >= 11 is 0. The third-order valence-corrected chi connectivity index (χ3v) is 4.47. The molecule has 1 aliphatic rings. The fraction of sp³-hybridized carbons (Fsp3) is 0.579. The third-order valence-electron chi connectivity index (χ3n) is 4.47. The molecule has 24 heavy (non-hydrogen) atoms. The smallest absolute Gasteiger partial charge is 0.225 e. The first-order valence-electron chi connectivity index (χ1n) is 8.92. The molecule has 0 aromatic heterocycles. The fourth-order valence-electron chi connectivity index (χ4n) is 3.32. The van der Waals surface area contributed by atoms with E-state index in [0.717, 1.165) is 17.7 Å². The van der Waals surface area contributed by atoms with Gasteiger partial charge in [-0.25, -0.2) is 0 Å². The second kappa shape index (κ2) is 8.71. The Morgan fingerprint density at radius 3 is 2.54 bits per heavy atom. The number of benzene rings is 1. The Balaban J connectivity index is 2.28. The molecule has 2 amide bonds. The molecule has 0 bridgehead atoms. The van der Waals surface area contributed by atoms with Gasteiger partial charge in [0.05, 0.1) is 18.6 Å². The van der Waals surface area contributed by atoms with Gasteiger partial charge in [0.2, 0.25) is 11.8 Å². The Morgan fingerprint density at radius 1 is 1.25 bits per heavy atom. The normalized spacial score (nSPS) is 20.8. The van der Waals surface area contributed by atoms with Gasteiger partial charge in [0.15, 0.2) is 0 Å². The molecule has 1 saturated heterocycles. The summed E-state index contributed by atoms with van der Waals surface area (Å²) in [6.07, 6.45) is 1.94.